The van der Waals surface area contributed by atoms with Gasteiger partial charge in [-0.2, -0.15) is 0 Å². The summed E-state index contributed by atoms with van der Waals surface area (Å²) in [6.45, 7) is 4.61. The molecule has 0 saturated carbocycles. The van der Waals surface area contributed by atoms with Gasteiger partial charge in [0.05, 0.1) is 0 Å². The lowest BCUT2D eigenvalue weighted by molar-refractivity contribution is -0.119. The molecule has 2 rings (SSSR count). The molecule has 22 heavy (non-hydrogen) atoms. The molecule has 116 valence electrons. The van der Waals surface area contributed by atoms with Crippen LogP contribution in [0, 0.1) is 12.8 Å². The summed E-state index contributed by atoms with van der Waals surface area (Å²) in [6.07, 6.45) is 0. The smallest absolute Gasteiger partial charge is 0.228 e. The van der Waals surface area contributed by atoms with Crippen LogP contribution >= 0.6 is 0 Å². The van der Waals surface area contributed by atoms with Crippen LogP contribution in [-0.4, -0.2) is 12.5 Å². The molecule has 3 N–H and O–H groups in total. The second kappa shape index (κ2) is 7.61. The Hall–Kier alpha value is -2.33. The number of hydrogen-bond acceptors (Lipinski definition) is 3. The molecule has 0 aromatic heterocycles. The Bertz CT molecular complexity index is 626. The Kier molecular flexibility index (Phi) is 5.55. The summed E-state index contributed by atoms with van der Waals surface area (Å²) < 4.78 is 5.77. The first-order valence-electron chi connectivity index (χ1n) is 7.38. The van der Waals surface area contributed by atoms with E-state index in [1.807, 2.05) is 62.4 Å². The molecule has 0 heterocycles. The average molecular weight is 298 g/mol. The van der Waals surface area contributed by atoms with Crippen LogP contribution < -0.4 is 15.8 Å². The van der Waals surface area contributed by atoms with Crippen molar-refractivity contribution in [2.75, 3.05) is 11.9 Å². The highest BCUT2D eigenvalue weighted by Crippen LogP contribution is 2.22. The van der Waals surface area contributed by atoms with E-state index in [-0.39, 0.29) is 11.8 Å². The van der Waals surface area contributed by atoms with Crippen molar-refractivity contribution in [2.45, 2.75) is 20.5 Å². The molecule has 4 heteroatoms. The van der Waals surface area contributed by atoms with Crippen LogP contribution in [0.4, 0.5) is 5.69 Å². The fourth-order valence-electron chi connectivity index (χ4n) is 1.97. The molecule has 0 saturated heterocycles. The van der Waals surface area contributed by atoms with Crippen molar-refractivity contribution in [3.8, 4) is 5.75 Å². The zero-order valence-corrected chi connectivity index (χ0v) is 13.0. The van der Waals surface area contributed by atoms with Gasteiger partial charge in [0.25, 0.3) is 0 Å². The summed E-state index contributed by atoms with van der Waals surface area (Å²) in [7, 11) is 0. The normalized spacial score (nSPS) is 11.8. The van der Waals surface area contributed by atoms with E-state index in [0.29, 0.717) is 13.2 Å². The maximum absolute atomic E-state index is 11.9. The Balaban J connectivity index is 1.99. The fraction of sp³-hybridized carbons (Fsp3) is 0.278. The van der Waals surface area contributed by atoms with Crippen molar-refractivity contribution in [3.63, 3.8) is 0 Å². The van der Waals surface area contributed by atoms with E-state index in [9.17, 15) is 4.79 Å². The summed E-state index contributed by atoms with van der Waals surface area (Å²) in [6, 6.07) is 15.6. The second-order valence-corrected chi connectivity index (χ2v) is 5.38. The lowest BCUT2D eigenvalue weighted by Crippen LogP contribution is -2.26. The monoisotopic (exact) mass is 298 g/mol. The van der Waals surface area contributed by atoms with Gasteiger partial charge in [0, 0.05) is 18.2 Å². The molecule has 0 radical (unpaired) electrons. The number of carbonyl (C=O) groups excluding carboxylic acids is 1. The minimum Gasteiger partial charge on any atom is -0.489 e. The van der Waals surface area contributed by atoms with Crippen molar-refractivity contribution in [2.24, 2.45) is 11.7 Å². The summed E-state index contributed by atoms with van der Waals surface area (Å²) in [4.78, 5) is 11.9. The number of anilines is 1. The van der Waals surface area contributed by atoms with Gasteiger partial charge in [0.15, 0.2) is 0 Å². The molecular formula is C18H22N2O2. The van der Waals surface area contributed by atoms with Crippen molar-refractivity contribution < 1.29 is 9.53 Å². The first kappa shape index (κ1) is 16.0. The van der Waals surface area contributed by atoms with Crippen LogP contribution in [0.3, 0.4) is 0 Å². The zero-order valence-electron chi connectivity index (χ0n) is 13.0. The summed E-state index contributed by atoms with van der Waals surface area (Å²) in [5.41, 5.74) is 8.37. The average Bonchev–Trinajstić information content (AvgIpc) is 2.55. The molecule has 2 aromatic rings. The van der Waals surface area contributed by atoms with E-state index in [4.69, 9.17) is 10.5 Å². The zero-order chi connectivity index (χ0) is 15.9. The molecule has 1 amide bonds. The predicted molar refractivity (Wildman–Crippen MR) is 88.8 cm³/mol. The van der Waals surface area contributed by atoms with Crippen LogP contribution in [0.15, 0.2) is 48.5 Å². The van der Waals surface area contributed by atoms with Crippen molar-refractivity contribution in [1.29, 1.82) is 0 Å². The number of carbonyl (C=O) groups is 1. The van der Waals surface area contributed by atoms with E-state index >= 15 is 0 Å². The van der Waals surface area contributed by atoms with Crippen LogP contribution in [0.25, 0.3) is 0 Å². The molecule has 0 spiro atoms. The third kappa shape index (κ3) is 4.33. The second-order valence-electron chi connectivity index (χ2n) is 5.38. The molecule has 2 aromatic carbocycles. The number of ether oxygens (including phenoxy) is 1. The Morgan fingerprint density at radius 2 is 1.95 bits per heavy atom. The molecule has 0 aliphatic rings. The van der Waals surface area contributed by atoms with Crippen molar-refractivity contribution in [3.05, 3.63) is 59.7 Å². The van der Waals surface area contributed by atoms with Gasteiger partial charge in [0.2, 0.25) is 5.91 Å². The third-order valence-electron chi connectivity index (χ3n) is 3.51. The molecular weight excluding hydrogens is 276 g/mol. The number of nitrogens with one attached hydrogen (secondary N) is 1. The third-order valence-corrected chi connectivity index (χ3v) is 3.51. The molecule has 0 fully saturated rings. The number of rotatable bonds is 6. The number of hydrogen-bond donors (Lipinski definition) is 2. The van der Waals surface area contributed by atoms with Gasteiger partial charge in [-0.15, -0.1) is 0 Å². The van der Waals surface area contributed by atoms with Gasteiger partial charge in [-0.3, -0.25) is 4.79 Å². The minimum absolute atomic E-state index is 0.0662. The quantitative estimate of drug-likeness (QED) is 0.861. The predicted octanol–water partition coefficient (Wildman–Crippen LogP) is 3.11. The van der Waals surface area contributed by atoms with Gasteiger partial charge < -0.3 is 15.8 Å². The van der Waals surface area contributed by atoms with Gasteiger partial charge in [-0.05, 0) is 36.2 Å². The molecule has 0 aliphatic heterocycles. The highest BCUT2D eigenvalue weighted by Gasteiger charge is 2.12. The van der Waals surface area contributed by atoms with Crippen molar-refractivity contribution >= 4 is 11.6 Å². The highest BCUT2D eigenvalue weighted by molar-refractivity contribution is 5.93. The molecule has 1 unspecified atom stereocenters. The molecule has 0 aliphatic carbocycles. The molecule has 4 nitrogen and oxygen atoms in total. The first-order valence-corrected chi connectivity index (χ1v) is 7.38. The summed E-state index contributed by atoms with van der Waals surface area (Å²) in [5.74, 6) is 0.517. The van der Waals surface area contributed by atoms with E-state index in [0.717, 1.165) is 22.6 Å². The van der Waals surface area contributed by atoms with Gasteiger partial charge >= 0.3 is 0 Å². The Morgan fingerprint density at radius 3 is 2.59 bits per heavy atom. The standard InChI is InChI=1S/C18H22N2O2/c1-13-10-16(22-12-15-6-4-3-5-7-15)8-9-17(13)20-18(21)14(2)11-19/h3-10,14H,11-12,19H2,1-2H3,(H,20,21). The van der Waals surface area contributed by atoms with E-state index < -0.39 is 0 Å². The summed E-state index contributed by atoms with van der Waals surface area (Å²) in [5, 5.41) is 2.89. The lowest BCUT2D eigenvalue weighted by Gasteiger charge is -2.13. The Labute approximate surface area is 131 Å². The maximum Gasteiger partial charge on any atom is 0.228 e. The van der Waals surface area contributed by atoms with Crippen LogP contribution in [-0.2, 0) is 11.4 Å². The molecule has 1 atom stereocenters. The van der Waals surface area contributed by atoms with Gasteiger partial charge in [0.1, 0.15) is 12.4 Å². The van der Waals surface area contributed by atoms with E-state index in [1.165, 1.54) is 0 Å². The fourth-order valence-corrected chi connectivity index (χ4v) is 1.97. The van der Waals surface area contributed by atoms with Crippen molar-refractivity contribution in [1.82, 2.24) is 0 Å². The van der Waals surface area contributed by atoms with Crippen LogP contribution in [0.2, 0.25) is 0 Å². The number of amides is 1. The topological polar surface area (TPSA) is 64.3 Å². The van der Waals surface area contributed by atoms with Gasteiger partial charge in [-0.1, -0.05) is 37.3 Å². The first-order chi connectivity index (χ1) is 10.6. The van der Waals surface area contributed by atoms with E-state index in [2.05, 4.69) is 5.32 Å². The van der Waals surface area contributed by atoms with Crippen LogP contribution in [0.1, 0.15) is 18.1 Å². The summed E-state index contributed by atoms with van der Waals surface area (Å²) >= 11 is 0. The van der Waals surface area contributed by atoms with E-state index in [1.54, 1.807) is 0 Å². The Morgan fingerprint density at radius 1 is 1.23 bits per heavy atom. The number of aryl methyl sites for hydroxylation is 1. The van der Waals surface area contributed by atoms with Crippen LogP contribution in [0.5, 0.6) is 5.75 Å². The number of benzene rings is 2. The maximum atomic E-state index is 11.9. The number of nitrogens with two attached hydrogens (primary N) is 1. The SMILES string of the molecule is Cc1cc(OCc2ccccc2)ccc1NC(=O)C(C)CN. The highest BCUT2D eigenvalue weighted by atomic mass is 16.5. The largest absolute Gasteiger partial charge is 0.489 e. The minimum atomic E-state index is -0.201. The molecule has 0 bridgehead atoms. The lowest BCUT2D eigenvalue weighted by atomic mass is 10.1. The van der Waals surface area contributed by atoms with Gasteiger partial charge in [-0.25, -0.2) is 0 Å².